The van der Waals surface area contributed by atoms with Crippen LogP contribution in [0.5, 0.6) is 5.75 Å². The molecular weight excluding hydrogens is 457 g/mol. The Kier molecular flexibility index (Phi) is 5.96. The first-order valence-corrected chi connectivity index (χ1v) is 11.5. The van der Waals surface area contributed by atoms with Gasteiger partial charge in [-0.3, -0.25) is 0 Å². The van der Waals surface area contributed by atoms with Gasteiger partial charge in [0, 0.05) is 30.1 Å². The van der Waals surface area contributed by atoms with Crippen molar-refractivity contribution in [2.45, 2.75) is 32.1 Å². The highest BCUT2D eigenvalue weighted by atomic mass is 35.5. The van der Waals surface area contributed by atoms with Gasteiger partial charge in [0.2, 0.25) is 5.95 Å². The number of fused-ring (bicyclic) bond motifs is 1. The molecular formula is C25H23Cl2N5O. The Morgan fingerprint density at radius 3 is 2.73 bits per heavy atom. The van der Waals surface area contributed by atoms with Gasteiger partial charge in [-0.25, -0.2) is 15.0 Å². The largest absolute Gasteiger partial charge is 0.494 e. The number of hydrogen-bond donors (Lipinski definition) is 1. The summed E-state index contributed by atoms with van der Waals surface area (Å²) in [6.07, 6.45) is 8.72. The number of aromatic nitrogens is 4. The predicted octanol–water partition coefficient (Wildman–Crippen LogP) is 6.50. The molecule has 0 saturated heterocycles. The van der Waals surface area contributed by atoms with Crippen LogP contribution in [0.1, 0.15) is 41.3 Å². The van der Waals surface area contributed by atoms with Gasteiger partial charge >= 0.3 is 0 Å². The summed E-state index contributed by atoms with van der Waals surface area (Å²) in [5.41, 5.74) is 6.03. The van der Waals surface area contributed by atoms with E-state index >= 15 is 0 Å². The lowest BCUT2D eigenvalue weighted by Gasteiger charge is -2.25. The minimum atomic E-state index is 0.161. The van der Waals surface area contributed by atoms with Crippen molar-refractivity contribution in [2.24, 2.45) is 0 Å². The number of rotatable bonds is 5. The summed E-state index contributed by atoms with van der Waals surface area (Å²) in [4.78, 5) is 13.8. The molecule has 1 N–H and O–H groups in total. The Bertz CT molecular complexity index is 1320. The second-order valence-electron chi connectivity index (χ2n) is 8.16. The first kappa shape index (κ1) is 21.7. The number of nitrogens with one attached hydrogen (secondary N) is 1. The number of benzene rings is 2. The molecule has 4 aromatic rings. The number of imidazole rings is 1. The van der Waals surface area contributed by atoms with E-state index in [1.807, 2.05) is 60.3 Å². The molecule has 2 aromatic carbocycles. The third kappa shape index (κ3) is 4.41. The molecule has 1 aliphatic rings. The van der Waals surface area contributed by atoms with E-state index in [1.54, 1.807) is 13.4 Å². The zero-order chi connectivity index (χ0) is 22.9. The van der Waals surface area contributed by atoms with Gasteiger partial charge in [0.05, 0.1) is 40.6 Å². The second kappa shape index (κ2) is 9.04. The van der Waals surface area contributed by atoms with Crippen molar-refractivity contribution in [3.63, 3.8) is 0 Å². The Balaban J connectivity index is 1.45. The first-order valence-electron chi connectivity index (χ1n) is 10.8. The van der Waals surface area contributed by atoms with Crippen molar-refractivity contribution in [3.8, 4) is 11.4 Å². The summed E-state index contributed by atoms with van der Waals surface area (Å²) in [5.74, 6) is 1.44. The van der Waals surface area contributed by atoms with Crippen molar-refractivity contribution in [1.29, 1.82) is 0 Å². The number of ether oxygens (including phenoxy) is 1. The van der Waals surface area contributed by atoms with Crippen LogP contribution < -0.4 is 10.1 Å². The third-order valence-electron chi connectivity index (χ3n) is 5.94. The molecule has 6 nitrogen and oxygen atoms in total. The lowest BCUT2D eigenvalue weighted by Crippen LogP contribution is -2.15. The molecule has 168 valence electrons. The number of anilines is 2. The molecule has 1 atom stereocenters. The maximum atomic E-state index is 6.29. The quantitative estimate of drug-likeness (QED) is 0.353. The van der Waals surface area contributed by atoms with Gasteiger partial charge in [0.25, 0.3) is 0 Å². The number of hydrogen-bond acceptors (Lipinski definition) is 5. The smallest absolute Gasteiger partial charge is 0.227 e. The highest BCUT2D eigenvalue weighted by molar-refractivity contribution is 6.42. The molecule has 8 heteroatoms. The Morgan fingerprint density at radius 1 is 1.09 bits per heavy atom. The third-order valence-corrected chi connectivity index (χ3v) is 6.68. The molecule has 0 amide bonds. The maximum absolute atomic E-state index is 6.29. The number of nitrogens with zero attached hydrogens (tertiary/aromatic N) is 4. The van der Waals surface area contributed by atoms with Gasteiger partial charge in [-0.05, 0) is 61.6 Å². The van der Waals surface area contributed by atoms with Crippen molar-refractivity contribution < 1.29 is 4.74 Å². The summed E-state index contributed by atoms with van der Waals surface area (Å²) in [6, 6.07) is 11.7. The monoisotopic (exact) mass is 479 g/mol. The zero-order valence-corrected chi connectivity index (χ0v) is 19.9. The van der Waals surface area contributed by atoms with E-state index in [0.717, 1.165) is 53.3 Å². The first-order chi connectivity index (χ1) is 16.0. The fourth-order valence-electron chi connectivity index (χ4n) is 4.31. The van der Waals surface area contributed by atoms with Crippen LogP contribution in [-0.4, -0.2) is 26.6 Å². The van der Waals surface area contributed by atoms with Gasteiger partial charge in [0.15, 0.2) is 0 Å². The molecule has 0 spiro atoms. The Hall–Kier alpha value is -3.09. The molecule has 1 unspecified atom stereocenters. The van der Waals surface area contributed by atoms with Crippen LogP contribution in [0.25, 0.3) is 5.69 Å². The molecule has 0 saturated carbocycles. The van der Waals surface area contributed by atoms with Crippen LogP contribution in [0.15, 0.2) is 55.1 Å². The summed E-state index contributed by atoms with van der Waals surface area (Å²) in [5, 5.41) is 4.45. The number of halogens is 2. The molecule has 0 bridgehead atoms. The van der Waals surface area contributed by atoms with Gasteiger partial charge in [0.1, 0.15) is 5.75 Å². The van der Waals surface area contributed by atoms with Crippen molar-refractivity contribution in [1.82, 2.24) is 19.5 Å². The summed E-state index contributed by atoms with van der Waals surface area (Å²) in [6.45, 7) is 1.96. The summed E-state index contributed by atoms with van der Waals surface area (Å²) >= 11 is 12.4. The average Bonchev–Trinajstić information content (AvgIpc) is 3.26. The summed E-state index contributed by atoms with van der Waals surface area (Å²) < 4.78 is 7.56. The Labute approximate surface area is 202 Å². The lowest BCUT2D eigenvalue weighted by molar-refractivity contribution is 0.413. The highest BCUT2D eigenvalue weighted by Gasteiger charge is 2.25. The number of aryl methyl sites for hydroxylation is 2. The zero-order valence-electron chi connectivity index (χ0n) is 18.3. The Morgan fingerprint density at radius 2 is 1.97 bits per heavy atom. The van der Waals surface area contributed by atoms with Crippen LogP contribution >= 0.6 is 23.2 Å². The minimum Gasteiger partial charge on any atom is -0.494 e. The predicted molar refractivity (Wildman–Crippen MR) is 131 cm³/mol. The van der Waals surface area contributed by atoms with Crippen molar-refractivity contribution >= 4 is 34.8 Å². The van der Waals surface area contributed by atoms with Crippen LogP contribution in [0, 0.1) is 6.92 Å². The van der Waals surface area contributed by atoms with Crippen LogP contribution in [0.2, 0.25) is 10.0 Å². The second-order valence-corrected chi connectivity index (χ2v) is 8.97. The SMILES string of the molecule is COc1cc(Nc2ncc3c(n2)C(c2ccc(Cl)c(Cl)c2)CCC3)ccc1-n1cnc(C)c1. The molecule has 0 fully saturated rings. The molecule has 0 radical (unpaired) electrons. The van der Waals surface area contributed by atoms with E-state index in [1.165, 1.54) is 5.56 Å². The van der Waals surface area contributed by atoms with Crippen LogP contribution in [-0.2, 0) is 6.42 Å². The fraction of sp³-hybridized carbons (Fsp3) is 0.240. The van der Waals surface area contributed by atoms with Gasteiger partial charge in [-0.2, -0.15) is 0 Å². The van der Waals surface area contributed by atoms with E-state index in [-0.39, 0.29) is 5.92 Å². The van der Waals surface area contributed by atoms with Crippen LogP contribution in [0.4, 0.5) is 11.6 Å². The molecule has 33 heavy (non-hydrogen) atoms. The van der Waals surface area contributed by atoms with E-state index in [0.29, 0.717) is 16.0 Å². The minimum absolute atomic E-state index is 0.161. The molecule has 2 heterocycles. The van der Waals surface area contributed by atoms with E-state index in [9.17, 15) is 0 Å². The number of methoxy groups -OCH3 is 1. The van der Waals surface area contributed by atoms with Crippen molar-refractivity contribution in [3.05, 3.63) is 87.7 Å². The van der Waals surface area contributed by atoms with E-state index in [2.05, 4.69) is 15.3 Å². The van der Waals surface area contributed by atoms with Crippen LogP contribution in [0.3, 0.4) is 0 Å². The molecule has 0 aliphatic heterocycles. The maximum Gasteiger partial charge on any atom is 0.227 e. The van der Waals surface area contributed by atoms with E-state index in [4.69, 9.17) is 32.9 Å². The van der Waals surface area contributed by atoms with Gasteiger partial charge in [-0.1, -0.05) is 29.3 Å². The van der Waals surface area contributed by atoms with Crippen molar-refractivity contribution in [2.75, 3.05) is 12.4 Å². The topological polar surface area (TPSA) is 64.9 Å². The lowest BCUT2D eigenvalue weighted by atomic mass is 9.83. The molecule has 5 rings (SSSR count). The van der Waals surface area contributed by atoms with E-state index < -0.39 is 0 Å². The van der Waals surface area contributed by atoms with Gasteiger partial charge < -0.3 is 14.6 Å². The summed E-state index contributed by atoms with van der Waals surface area (Å²) in [7, 11) is 1.66. The molecule has 2 aromatic heterocycles. The average molecular weight is 480 g/mol. The van der Waals surface area contributed by atoms with Gasteiger partial charge in [-0.15, -0.1) is 0 Å². The standard InChI is InChI=1S/C25H23Cl2N5O/c1-15-13-32(14-29-15)22-9-7-18(11-23(22)33-2)30-25-28-12-17-4-3-5-19(24(17)31-25)16-6-8-20(26)21(27)10-16/h6-14,19H,3-5H2,1-2H3,(H,28,30,31). The normalized spacial score (nSPS) is 15.2. The fourth-order valence-corrected chi connectivity index (χ4v) is 4.62. The highest BCUT2D eigenvalue weighted by Crippen LogP contribution is 2.38. The molecule has 1 aliphatic carbocycles.